The first-order valence-corrected chi connectivity index (χ1v) is 7.24. The van der Waals surface area contributed by atoms with Crippen LogP contribution in [-0.2, 0) is 5.75 Å². The van der Waals surface area contributed by atoms with Crippen LogP contribution in [0.2, 0.25) is 0 Å². The van der Waals surface area contributed by atoms with Crippen molar-refractivity contribution in [2.24, 2.45) is 0 Å². The van der Waals surface area contributed by atoms with Crippen LogP contribution in [0.3, 0.4) is 0 Å². The molecule has 0 spiro atoms. The van der Waals surface area contributed by atoms with Gasteiger partial charge in [0.2, 0.25) is 11.8 Å². The average molecular weight is 279 g/mol. The van der Waals surface area contributed by atoms with Crippen molar-refractivity contribution in [3.05, 3.63) is 35.6 Å². The summed E-state index contributed by atoms with van der Waals surface area (Å²) in [7, 11) is 0. The quantitative estimate of drug-likeness (QED) is 0.809. The van der Waals surface area contributed by atoms with E-state index in [-0.39, 0.29) is 5.25 Å². The number of rotatable bonds is 6. The van der Waals surface area contributed by atoms with Crippen molar-refractivity contribution >= 4 is 11.8 Å². The third-order valence-corrected chi connectivity index (χ3v) is 3.61. The zero-order chi connectivity index (χ0) is 13.7. The number of pyridine rings is 1. The van der Waals surface area contributed by atoms with E-state index in [1.54, 1.807) is 11.8 Å². The van der Waals surface area contributed by atoms with E-state index in [0.717, 1.165) is 11.4 Å². The molecule has 0 N–H and O–H groups in total. The van der Waals surface area contributed by atoms with Gasteiger partial charge in [-0.15, -0.1) is 11.8 Å². The Bertz CT molecular complexity index is 530. The van der Waals surface area contributed by atoms with E-state index in [4.69, 9.17) is 9.26 Å². The minimum atomic E-state index is 0.152. The molecule has 0 aliphatic carbocycles. The number of ether oxygens (including phenoxy) is 1. The van der Waals surface area contributed by atoms with Crippen LogP contribution >= 0.6 is 11.8 Å². The zero-order valence-electron chi connectivity index (χ0n) is 11.3. The van der Waals surface area contributed by atoms with E-state index in [1.165, 1.54) is 0 Å². The average Bonchev–Trinajstić information content (AvgIpc) is 2.84. The molecule has 0 unspecified atom stereocenters. The normalized spacial score (nSPS) is 12.4. The Morgan fingerprint density at radius 1 is 1.37 bits per heavy atom. The summed E-state index contributed by atoms with van der Waals surface area (Å²) in [5.74, 6) is 2.77. The van der Waals surface area contributed by atoms with E-state index in [0.29, 0.717) is 24.2 Å². The fourth-order valence-corrected chi connectivity index (χ4v) is 2.35. The Morgan fingerprint density at radius 2 is 2.21 bits per heavy atom. The Balaban J connectivity index is 1.93. The maximum absolute atomic E-state index is 5.38. The highest BCUT2D eigenvalue weighted by molar-refractivity contribution is 7.98. The highest BCUT2D eigenvalue weighted by Gasteiger charge is 2.13. The largest absolute Gasteiger partial charge is 0.478 e. The molecule has 0 radical (unpaired) electrons. The lowest BCUT2D eigenvalue weighted by Crippen LogP contribution is -1.97. The van der Waals surface area contributed by atoms with Crippen molar-refractivity contribution in [1.29, 1.82) is 0 Å². The fraction of sp³-hybridized carbons (Fsp3) is 0.462. The maximum Gasteiger partial charge on any atom is 0.239 e. The summed E-state index contributed by atoms with van der Waals surface area (Å²) in [5.41, 5.74) is 0.985. The number of thioether (sulfide) groups is 1. The summed E-state index contributed by atoms with van der Waals surface area (Å²) >= 11 is 1.71. The molecule has 0 saturated heterocycles. The summed E-state index contributed by atoms with van der Waals surface area (Å²) in [6.45, 7) is 6.44. The van der Waals surface area contributed by atoms with E-state index >= 15 is 0 Å². The van der Waals surface area contributed by atoms with Gasteiger partial charge < -0.3 is 9.26 Å². The first-order valence-electron chi connectivity index (χ1n) is 6.19. The molecule has 0 bridgehead atoms. The number of aromatic nitrogens is 3. The first-order chi connectivity index (χ1) is 9.19. The molecule has 0 aliphatic heterocycles. The molecule has 2 aromatic rings. The monoisotopic (exact) mass is 279 g/mol. The van der Waals surface area contributed by atoms with E-state index in [1.807, 2.05) is 39.0 Å². The van der Waals surface area contributed by atoms with Gasteiger partial charge in [-0.2, -0.15) is 4.98 Å². The van der Waals surface area contributed by atoms with Crippen molar-refractivity contribution < 1.29 is 9.26 Å². The molecule has 2 heterocycles. The van der Waals surface area contributed by atoms with Crippen molar-refractivity contribution in [3.8, 4) is 5.88 Å². The van der Waals surface area contributed by atoms with Gasteiger partial charge in [-0.3, -0.25) is 0 Å². The lowest BCUT2D eigenvalue weighted by Gasteiger charge is -2.07. The van der Waals surface area contributed by atoms with E-state index in [2.05, 4.69) is 15.1 Å². The van der Waals surface area contributed by atoms with Crippen LogP contribution in [0.1, 0.15) is 36.5 Å². The number of aryl methyl sites for hydroxylation is 1. The summed E-state index contributed by atoms with van der Waals surface area (Å²) in [6.07, 6.45) is 0. The van der Waals surface area contributed by atoms with Gasteiger partial charge in [-0.1, -0.05) is 11.2 Å². The predicted molar refractivity (Wildman–Crippen MR) is 74.2 cm³/mol. The molecule has 0 aliphatic rings. The topological polar surface area (TPSA) is 61.0 Å². The summed E-state index contributed by atoms with van der Waals surface area (Å²) in [4.78, 5) is 8.65. The number of nitrogens with zero attached hydrogens (tertiary/aromatic N) is 3. The van der Waals surface area contributed by atoms with Crippen molar-refractivity contribution in [1.82, 2.24) is 15.1 Å². The Morgan fingerprint density at radius 3 is 2.89 bits per heavy atom. The molecular weight excluding hydrogens is 262 g/mol. The molecule has 0 fully saturated rings. The van der Waals surface area contributed by atoms with Crippen LogP contribution < -0.4 is 4.74 Å². The summed E-state index contributed by atoms with van der Waals surface area (Å²) in [5, 5.41) is 3.95. The molecule has 0 aromatic carbocycles. The third kappa shape index (κ3) is 3.96. The lowest BCUT2D eigenvalue weighted by atomic mass is 10.4. The van der Waals surface area contributed by atoms with Gasteiger partial charge in [0.15, 0.2) is 5.82 Å². The van der Waals surface area contributed by atoms with Gasteiger partial charge in [0.25, 0.3) is 0 Å². The van der Waals surface area contributed by atoms with E-state index in [9.17, 15) is 0 Å². The van der Waals surface area contributed by atoms with Crippen LogP contribution in [0.25, 0.3) is 0 Å². The van der Waals surface area contributed by atoms with Crippen molar-refractivity contribution in [2.45, 2.75) is 31.8 Å². The molecule has 2 rings (SSSR count). The van der Waals surface area contributed by atoms with Gasteiger partial charge in [0.1, 0.15) is 0 Å². The van der Waals surface area contributed by atoms with Crippen molar-refractivity contribution in [2.75, 3.05) is 6.61 Å². The summed E-state index contributed by atoms with van der Waals surface area (Å²) in [6, 6.07) is 5.80. The summed E-state index contributed by atoms with van der Waals surface area (Å²) < 4.78 is 10.5. The molecule has 19 heavy (non-hydrogen) atoms. The Kier molecular flexibility index (Phi) is 4.79. The number of hydrogen-bond acceptors (Lipinski definition) is 6. The van der Waals surface area contributed by atoms with Gasteiger partial charge in [-0.05, 0) is 26.8 Å². The lowest BCUT2D eigenvalue weighted by molar-refractivity contribution is 0.326. The van der Waals surface area contributed by atoms with Crippen LogP contribution in [0, 0.1) is 6.92 Å². The fourth-order valence-electron chi connectivity index (χ4n) is 1.53. The third-order valence-electron chi connectivity index (χ3n) is 2.45. The first kappa shape index (κ1) is 13.9. The zero-order valence-corrected chi connectivity index (χ0v) is 12.1. The predicted octanol–water partition coefficient (Wildman–Crippen LogP) is 3.17. The van der Waals surface area contributed by atoms with Gasteiger partial charge >= 0.3 is 0 Å². The minimum Gasteiger partial charge on any atom is -0.478 e. The van der Waals surface area contributed by atoms with Gasteiger partial charge in [0.05, 0.1) is 17.6 Å². The Hall–Kier alpha value is -1.56. The van der Waals surface area contributed by atoms with Crippen LogP contribution in [0.5, 0.6) is 5.88 Å². The number of hydrogen-bond donors (Lipinski definition) is 0. The van der Waals surface area contributed by atoms with Gasteiger partial charge in [0, 0.05) is 11.8 Å². The van der Waals surface area contributed by atoms with Crippen LogP contribution in [0.4, 0.5) is 0 Å². The van der Waals surface area contributed by atoms with Crippen LogP contribution in [0.15, 0.2) is 22.7 Å². The second-order valence-electron chi connectivity index (χ2n) is 4.03. The molecule has 5 nitrogen and oxygen atoms in total. The molecule has 2 aromatic heterocycles. The maximum atomic E-state index is 5.38. The standard InChI is InChI=1S/C13H17N3O2S/c1-4-17-12-7-5-6-11(15-12)8-19-9(2)13-14-10(3)16-18-13/h5-7,9H,4,8H2,1-3H3/t9-/m0/s1. The molecule has 0 amide bonds. The van der Waals surface area contributed by atoms with E-state index < -0.39 is 0 Å². The minimum absolute atomic E-state index is 0.152. The highest BCUT2D eigenvalue weighted by atomic mass is 32.2. The molecular formula is C13H17N3O2S. The smallest absolute Gasteiger partial charge is 0.239 e. The van der Waals surface area contributed by atoms with Gasteiger partial charge in [-0.25, -0.2) is 4.98 Å². The highest BCUT2D eigenvalue weighted by Crippen LogP contribution is 2.29. The second-order valence-corrected chi connectivity index (χ2v) is 5.36. The van der Waals surface area contributed by atoms with Crippen molar-refractivity contribution in [3.63, 3.8) is 0 Å². The second kappa shape index (κ2) is 6.56. The molecule has 1 atom stereocenters. The molecule has 6 heteroatoms. The van der Waals surface area contributed by atoms with Crippen LogP contribution in [-0.4, -0.2) is 21.7 Å². The Labute approximate surface area is 116 Å². The molecule has 102 valence electrons. The SMILES string of the molecule is CCOc1cccc(CS[C@@H](C)c2nc(C)no2)n1. The molecule has 0 saturated carbocycles.